The Balaban J connectivity index is 2.37. The summed E-state index contributed by atoms with van der Waals surface area (Å²) in [6.45, 7) is 2.05. The van der Waals surface area contributed by atoms with Crippen LogP contribution in [0.15, 0.2) is 48.5 Å². The largest absolute Gasteiger partial charge is 0.383 e. The first kappa shape index (κ1) is 13.2. The Hall–Kier alpha value is -2.20. The van der Waals surface area contributed by atoms with E-state index in [1.807, 2.05) is 19.1 Å². The van der Waals surface area contributed by atoms with Crippen molar-refractivity contribution in [2.24, 2.45) is 0 Å². The van der Waals surface area contributed by atoms with E-state index in [9.17, 15) is 15.2 Å². The molecule has 4 nitrogen and oxygen atoms in total. The normalized spacial score (nSPS) is 12.1. The molecule has 0 heterocycles. The van der Waals surface area contributed by atoms with Crippen LogP contribution in [0.4, 0.5) is 5.69 Å². The summed E-state index contributed by atoms with van der Waals surface area (Å²) in [6.07, 6.45) is -0.0606. The molecule has 0 bridgehead atoms. The summed E-state index contributed by atoms with van der Waals surface area (Å²) in [7, 11) is 0. The number of rotatable bonds is 4. The minimum Gasteiger partial charge on any atom is -0.383 e. The van der Waals surface area contributed by atoms with Gasteiger partial charge in [-0.1, -0.05) is 43.3 Å². The number of hydrogen-bond acceptors (Lipinski definition) is 3. The second kappa shape index (κ2) is 5.63. The van der Waals surface area contributed by atoms with Crippen molar-refractivity contribution >= 4 is 5.69 Å². The van der Waals surface area contributed by atoms with Gasteiger partial charge in [-0.25, -0.2) is 0 Å². The number of benzene rings is 2. The first-order valence-electron chi connectivity index (χ1n) is 6.13. The second-order valence-corrected chi connectivity index (χ2v) is 4.31. The number of para-hydroxylation sites is 1. The van der Waals surface area contributed by atoms with E-state index in [1.54, 1.807) is 30.3 Å². The Morgan fingerprint density at radius 2 is 1.79 bits per heavy atom. The monoisotopic (exact) mass is 257 g/mol. The van der Waals surface area contributed by atoms with Crippen molar-refractivity contribution in [3.8, 4) is 0 Å². The number of nitro groups is 1. The Labute approximate surface area is 111 Å². The predicted octanol–water partition coefficient (Wildman–Crippen LogP) is 3.24. The number of nitrogens with zero attached hydrogens (tertiary/aromatic N) is 1. The summed E-state index contributed by atoms with van der Waals surface area (Å²) in [5, 5.41) is 21.2. The smallest absolute Gasteiger partial charge is 0.275 e. The lowest BCUT2D eigenvalue weighted by Crippen LogP contribution is -2.03. The number of nitro benzene ring substituents is 1. The van der Waals surface area contributed by atoms with Gasteiger partial charge in [-0.05, 0) is 23.6 Å². The van der Waals surface area contributed by atoms with Crippen molar-refractivity contribution in [2.45, 2.75) is 19.4 Å². The molecule has 2 rings (SSSR count). The maximum atomic E-state index is 11.0. The third-order valence-electron chi connectivity index (χ3n) is 3.13. The molecule has 1 atom stereocenters. The Morgan fingerprint density at radius 1 is 1.16 bits per heavy atom. The van der Waals surface area contributed by atoms with Crippen LogP contribution in [0.1, 0.15) is 29.7 Å². The summed E-state index contributed by atoms with van der Waals surface area (Å²) in [5.41, 5.74) is 2.08. The summed E-state index contributed by atoms with van der Waals surface area (Å²) in [4.78, 5) is 10.5. The van der Waals surface area contributed by atoms with Gasteiger partial charge in [0.05, 0.1) is 10.5 Å². The maximum absolute atomic E-state index is 11.0. The maximum Gasteiger partial charge on any atom is 0.275 e. The zero-order chi connectivity index (χ0) is 13.8. The van der Waals surface area contributed by atoms with Crippen LogP contribution < -0.4 is 0 Å². The zero-order valence-electron chi connectivity index (χ0n) is 10.6. The third kappa shape index (κ3) is 2.80. The molecule has 0 saturated carbocycles. The van der Waals surface area contributed by atoms with Gasteiger partial charge in [0.2, 0.25) is 0 Å². The van der Waals surface area contributed by atoms with E-state index in [-0.39, 0.29) is 5.69 Å². The molecule has 1 N–H and O–H groups in total. The van der Waals surface area contributed by atoms with E-state index in [4.69, 9.17) is 0 Å². The minimum absolute atomic E-state index is 0.0606. The second-order valence-electron chi connectivity index (χ2n) is 4.31. The molecule has 0 unspecified atom stereocenters. The molecule has 0 aliphatic heterocycles. The number of aliphatic hydroxyl groups excluding tert-OH is 1. The van der Waals surface area contributed by atoms with Crippen LogP contribution in [0.5, 0.6) is 0 Å². The quantitative estimate of drug-likeness (QED) is 0.675. The molecule has 0 saturated heterocycles. The van der Waals surface area contributed by atoms with Crippen molar-refractivity contribution in [1.29, 1.82) is 0 Å². The van der Waals surface area contributed by atoms with E-state index in [1.165, 1.54) is 11.6 Å². The first-order chi connectivity index (χ1) is 9.13. The van der Waals surface area contributed by atoms with E-state index < -0.39 is 11.0 Å². The minimum atomic E-state index is -0.979. The molecule has 2 aromatic carbocycles. The van der Waals surface area contributed by atoms with Gasteiger partial charge in [0.15, 0.2) is 0 Å². The van der Waals surface area contributed by atoms with Gasteiger partial charge in [0.1, 0.15) is 6.10 Å². The zero-order valence-corrected chi connectivity index (χ0v) is 10.6. The molecule has 0 spiro atoms. The molecule has 0 aliphatic rings. The fourth-order valence-corrected chi connectivity index (χ4v) is 2.00. The van der Waals surface area contributed by atoms with Crippen molar-refractivity contribution in [2.75, 3.05) is 0 Å². The highest BCUT2D eigenvalue weighted by atomic mass is 16.6. The fourth-order valence-electron chi connectivity index (χ4n) is 2.00. The molecule has 0 fully saturated rings. The molecule has 0 amide bonds. The molecule has 98 valence electrons. The SMILES string of the molecule is CCc1ccc([C@H](O)c2ccccc2[N+](=O)[O-])cc1. The molecule has 0 radical (unpaired) electrons. The van der Waals surface area contributed by atoms with Crippen LogP contribution in [0.3, 0.4) is 0 Å². The highest BCUT2D eigenvalue weighted by Gasteiger charge is 2.20. The summed E-state index contributed by atoms with van der Waals surface area (Å²) in [6, 6.07) is 13.7. The van der Waals surface area contributed by atoms with Crippen molar-refractivity contribution < 1.29 is 10.0 Å². The van der Waals surface area contributed by atoms with Crippen molar-refractivity contribution in [3.05, 3.63) is 75.3 Å². The van der Waals surface area contributed by atoms with Gasteiger partial charge >= 0.3 is 0 Å². The number of aliphatic hydroxyl groups is 1. The van der Waals surface area contributed by atoms with Crippen LogP contribution >= 0.6 is 0 Å². The molecule has 4 heteroatoms. The number of hydrogen-bond donors (Lipinski definition) is 1. The molecular formula is C15H15NO3. The lowest BCUT2D eigenvalue weighted by atomic mass is 9.98. The lowest BCUT2D eigenvalue weighted by Gasteiger charge is -2.12. The molecule has 2 aromatic rings. The van der Waals surface area contributed by atoms with Gasteiger partial charge < -0.3 is 5.11 Å². The van der Waals surface area contributed by atoms with Crippen LogP contribution in [0.2, 0.25) is 0 Å². The third-order valence-corrected chi connectivity index (χ3v) is 3.13. The highest BCUT2D eigenvalue weighted by molar-refractivity contribution is 5.45. The van der Waals surface area contributed by atoms with Gasteiger partial charge in [-0.3, -0.25) is 10.1 Å². The van der Waals surface area contributed by atoms with Gasteiger partial charge in [-0.15, -0.1) is 0 Å². The van der Waals surface area contributed by atoms with E-state index >= 15 is 0 Å². The van der Waals surface area contributed by atoms with Gasteiger partial charge in [-0.2, -0.15) is 0 Å². The van der Waals surface area contributed by atoms with Crippen LogP contribution in [0.25, 0.3) is 0 Å². The first-order valence-corrected chi connectivity index (χ1v) is 6.13. The van der Waals surface area contributed by atoms with Gasteiger partial charge in [0, 0.05) is 6.07 Å². The Morgan fingerprint density at radius 3 is 2.37 bits per heavy atom. The summed E-state index contributed by atoms with van der Waals surface area (Å²) < 4.78 is 0. The summed E-state index contributed by atoms with van der Waals surface area (Å²) >= 11 is 0. The molecule has 0 aromatic heterocycles. The highest BCUT2D eigenvalue weighted by Crippen LogP contribution is 2.29. The van der Waals surface area contributed by atoms with Crippen molar-refractivity contribution in [1.82, 2.24) is 0 Å². The van der Waals surface area contributed by atoms with Crippen LogP contribution in [-0.4, -0.2) is 10.0 Å². The van der Waals surface area contributed by atoms with E-state index in [0.717, 1.165) is 6.42 Å². The van der Waals surface area contributed by atoms with E-state index in [0.29, 0.717) is 11.1 Å². The summed E-state index contributed by atoms with van der Waals surface area (Å²) in [5.74, 6) is 0. The molecule has 0 aliphatic carbocycles. The molecule has 19 heavy (non-hydrogen) atoms. The van der Waals surface area contributed by atoms with Crippen LogP contribution in [0, 0.1) is 10.1 Å². The van der Waals surface area contributed by atoms with Crippen molar-refractivity contribution in [3.63, 3.8) is 0 Å². The Bertz CT molecular complexity index is 578. The average Bonchev–Trinajstić information content (AvgIpc) is 2.46. The van der Waals surface area contributed by atoms with Gasteiger partial charge in [0.25, 0.3) is 5.69 Å². The number of aryl methyl sites for hydroxylation is 1. The Kier molecular flexibility index (Phi) is 3.92. The lowest BCUT2D eigenvalue weighted by molar-refractivity contribution is -0.386. The topological polar surface area (TPSA) is 63.4 Å². The average molecular weight is 257 g/mol. The fraction of sp³-hybridized carbons (Fsp3) is 0.200. The van der Waals surface area contributed by atoms with Crippen LogP contribution in [-0.2, 0) is 6.42 Å². The predicted molar refractivity (Wildman–Crippen MR) is 73.0 cm³/mol. The molecular weight excluding hydrogens is 242 g/mol. The standard InChI is InChI=1S/C15H15NO3/c1-2-11-7-9-12(10-8-11)15(17)13-5-3-4-6-14(13)16(18)19/h3-10,15,17H,2H2,1H3/t15-/m0/s1. The van der Waals surface area contributed by atoms with E-state index in [2.05, 4.69) is 0 Å².